The summed E-state index contributed by atoms with van der Waals surface area (Å²) < 4.78 is 24.3. The van der Waals surface area contributed by atoms with Crippen LogP contribution in [0.4, 0.5) is 8.78 Å². The molecule has 8 heteroatoms. The zero-order chi connectivity index (χ0) is 22.5. The van der Waals surface area contributed by atoms with E-state index in [1.165, 1.54) is 37.6 Å². The lowest BCUT2D eigenvalue weighted by molar-refractivity contribution is 0.0997. The predicted molar refractivity (Wildman–Crippen MR) is 117 cm³/mol. The van der Waals surface area contributed by atoms with Crippen LogP contribution in [0.3, 0.4) is 0 Å². The van der Waals surface area contributed by atoms with E-state index in [1.807, 2.05) is 0 Å². The Hall–Kier alpha value is -2.80. The van der Waals surface area contributed by atoms with Crippen molar-refractivity contribution in [2.45, 2.75) is 44.9 Å². The number of aromatic nitrogens is 2. The van der Waals surface area contributed by atoms with Gasteiger partial charge in [-0.1, -0.05) is 43.9 Å². The van der Waals surface area contributed by atoms with Gasteiger partial charge in [0.1, 0.15) is 5.69 Å². The number of aromatic amines is 1. The maximum absolute atomic E-state index is 12.5. The zero-order valence-electron chi connectivity index (χ0n) is 17.1. The van der Waals surface area contributed by atoms with Crippen LogP contribution in [0, 0.1) is 17.6 Å². The zero-order valence-corrected chi connectivity index (χ0v) is 17.9. The summed E-state index contributed by atoms with van der Waals surface area (Å²) in [5.74, 6) is -1.45. The number of carbonyl (C=O) groups is 1. The van der Waals surface area contributed by atoms with Gasteiger partial charge in [-0.25, -0.2) is 8.78 Å². The summed E-state index contributed by atoms with van der Waals surface area (Å²) in [5, 5.41) is 0.108. The lowest BCUT2D eigenvalue weighted by atomic mass is 9.78. The molecular formula is C23H24ClF2N3O2. The molecule has 4 rings (SSSR count). The lowest BCUT2D eigenvalue weighted by Crippen LogP contribution is -2.20. The van der Waals surface area contributed by atoms with Crippen molar-refractivity contribution < 1.29 is 13.6 Å². The number of rotatable bonds is 3. The van der Waals surface area contributed by atoms with Gasteiger partial charge in [0, 0.05) is 18.0 Å². The lowest BCUT2D eigenvalue weighted by Gasteiger charge is -2.28. The second-order valence-electron chi connectivity index (χ2n) is 7.71. The summed E-state index contributed by atoms with van der Waals surface area (Å²) in [4.78, 5) is 31.2. The van der Waals surface area contributed by atoms with E-state index < -0.39 is 17.5 Å². The molecule has 0 bridgehead atoms. The summed E-state index contributed by atoms with van der Waals surface area (Å²) in [6.07, 6.45) is 7.39. The van der Waals surface area contributed by atoms with Crippen molar-refractivity contribution in [2.24, 2.45) is 11.7 Å². The van der Waals surface area contributed by atoms with Gasteiger partial charge in [-0.3, -0.25) is 14.6 Å². The van der Waals surface area contributed by atoms with Crippen molar-refractivity contribution in [3.05, 3.63) is 74.8 Å². The van der Waals surface area contributed by atoms with Crippen molar-refractivity contribution in [3.63, 3.8) is 0 Å². The molecule has 1 amide bonds. The van der Waals surface area contributed by atoms with Crippen molar-refractivity contribution in [1.29, 1.82) is 0 Å². The molecule has 1 aliphatic carbocycles. The Balaban J connectivity index is 0.000000254. The van der Waals surface area contributed by atoms with E-state index in [-0.39, 0.29) is 16.1 Å². The minimum atomic E-state index is -0.987. The number of nitrogens with two attached hydrogens (primary N) is 1. The molecule has 1 saturated carbocycles. The smallest absolute Gasteiger partial charge is 0.268 e. The molecule has 1 aliphatic rings. The molecule has 0 radical (unpaired) electrons. The highest BCUT2D eigenvalue weighted by Gasteiger charge is 2.24. The maximum atomic E-state index is 12.5. The number of carbonyl (C=O) groups excluding carboxylic acids is 1. The Bertz CT molecular complexity index is 1130. The Morgan fingerprint density at radius 3 is 2.71 bits per heavy atom. The minimum Gasteiger partial charge on any atom is -0.364 e. The fraction of sp³-hybridized carbons (Fsp3) is 0.348. The third kappa shape index (κ3) is 5.28. The van der Waals surface area contributed by atoms with Crippen LogP contribution in [-0.4, -0.2) is 15.9 Å². The number of primary amides is 1. The molecule has 0 unspecified atom stereocenters. The topological polar surface area (TPSA) is 88.8 Å². The van der Waals surface area contributed by atoms with Gasteiger partial charge in [0.2, 0.25) is 0 Å². The van der Waals surface area contributed by atoms with Crippen LogP contribution in [0.25, 0.3) is 10.9 Å². The van der Waals surface area contributed by atoms with Crippen LogP contribution >= 0.6 is 11.6 Å². The number of pyridine rings is 2. The first kappa shape index (κ1) is 22.9. The van der Waals surface area contributed by atoms with E-state index >= 15 is 0 Å². The standard InChI is InChI=1S/C17H21N3O2.C6H3ClF2/c1-2-10-4-3-5-11(8-10)13-9-14(21)15-12(20-13)6-7-19-16(15)17(18)22;7-4-2-1-3-5(8)6(4)9/h6-7,9-11H,2-5,8H2,1H3,(H2,18,22)(H,20,21);1-3H/t10-,11+;/m1./s1. The molecule has 3 aromatic rings. The van der Waals surface area contributed by atoms with Crippen molar-refractivity contribution >= 4 is 28.4 Å². The molecule has 0 aliphatic heterocycles. The van der Waals surface area contributed by atoms with Gasteiger partial charge in [-0.05, 0) is 42.9 Å². The van der Waals surface area contributed by atoms with Gasteiger partial charge in [0.15, 0.2) is 17.1 Å². The molecular weight excluding hydrogens is 424 g/mol. The van der Waals surface area contributed by atoms with Crippen molar-refractivity contribution in [3.8, 4) is 0 Å². The van der Waals surface area contributed by atoms with Gasteiger partial charge < -0.3 is 10.7 Å². The van der Waals surface area contributed by atoms with E-state index in [4.69, 9.17) is 17.3 Å². The highest BCUT2D eigenvalue weighted by atomic mass is 35.5. The predicted octanol–water partition coefficient (Wildman–Crippen LogP) is 5.32. The van der Waals surface area contributed by atoms with Crippen molar-refractivity contribution in [1.82, 2.24) is 9.97 Å². The molecule has 1 fully saturated rings. The van der Waals surface area contributed by atoms with E-state index in [0.717, 1.165) is 30.5 Å². The van der Waals surface area contributed by atoms with E-state index in [2.05, 4.69) is 16.9 Å². The van der Waals surface area contributed by atoms with Crippen LogP contribution in [-0.2, 0) is 0 Å². The number of nitrogens with zero attached hydrogens (tertiary/aromatic N) is 1. The first-order valence-corrected chi connectivity index (χ1v) is 10.6. The van der Waals surface area contributed by atoms with Crippen LogP contribution in [0.2, 0.25) is 5.02 Å². The average molecular weight is 448 g/mol. The Labute approximate surface area is 183 Å². The third-order valence-electron chi connectivity index (χ3n) is 5.70. The number of H-pyrrole nitrogens is 1. The fourth-order valence-corrected chi connectivity index (χ4v) is 4.21. The maximum Gasteiger partial charge on any atom is 0.268 e. The van der Waals surface area contributed by atoms with Crippen LogP contribution in [0.5, 0.6) is 0 Å². The highest BCUT2D eigenvalue weighted by Crippen LogP contribution is 2.36. The molecule has 31 heavy (non-hydrogen) atoms. The number of benzene rings is 1. The van der Waals surface area contributed by atoms with Crippen LogP contribution in [0.1, 0.15) is 61.1 Å². The van der Waals surface area contributed by atoms with Crippen molar-refractivity contribution in [2.75, 3.05) is 0 Å². The molecule has 0 spiro atoms. The molecule has 2 aromatic heterocycles. The summed E-state index contributed by atoms with van der Waals surface area (Å²) >= 11 is 5.20. The Morgan fingerprint density at radius 2 is 2.06 bits per heavy atom. The molecule has 2 atom stereocenters. The molecule has 0 saturated heterocycles. The largest absolute Gasteiger partial charge is 0.364 e. The molecule has 1 aromatic carbocycles. The Kier molecular flexibility index (Phi) is 7.38. The summed E-state index contributed by atoms with van der Waals surface area (Å²) in [7, 11) is 0. The van der Waals surface area contributed by atoms with Gasteiger partial charge in [-0.15, -0.1) is 0 Å². The summed E-state index contributed by atoms with van der Waals surface area (Å²) in [6, 6.07) is 7.01. The number of halogens is 3. The first-order valence-electron chi connectivity index (χ1n) is 10.2. The summed E-state index contributed by atoms with van der Waals surface area (Å²) in [5.41, 5.74) is 6.79. The van der Waals surface area contributed by atoms with Crippen LogP contribution < -0.4 is 11.2 Å². The van der Waals surface area contributed by atoms with E-state index in [9.17, 15) is 18.4 Å². The van der Waals surface area contributed by atoms with Crippen LogP contribution in [0.15, 0.2) is 41.3 Å². The van der Waals surface area contributed by atoms with E-state index in [0.29, 0.717) is 16.8 Å². The van der Waals surface area contributed by atoms with Gasteiger partial charge in [-0.2, -0.15) is 0 Å². The minimum absolute atomic E-state index is 0.0420. The second-order valence-corrected chi connectivity index (χ2v) is 8.12. The number of hydrogen-bond acceptors (Lipinski definition) is 3. The highest BCUT2D eigenvalue weighted by molar-refractivity contribution is 6.30. The quantitative estimate of drug-likeness (QED) is 0.532. The monoisotopic (exact) mass is 447 g/mol. The molecule has 5 nitrogen and oxygen atoms in total. The SMILES string of the molecule is CC[C@@H]1CCC[C@H](c2cc(=O)c3c(C(N)=O)nccc3[nH]2)C1.Fc1cccc(Cl)c1F. The first-order chi connectivity index (χ1) is 14.8. The summed E-state index contributed by atoms with van der Waals surface area (Å²) in [6.45, 7) is 2.22. The molecule has 3 N–H and O–H groups in total. The number of hydrogen-bond donors (Lipinski definition) is 2. The number of fused-ring (bicyclic) bond motifs is 1. The Morgan fingerprint density at radius 1 is 1.29 bits per heavy atom. The normalized spacial score (nSPS) is 18.3. The van der Waals surface area contributed by atoms with Gasteiger partial charge in [0.05, 0.1) is 15.9 Å². The average Bonchev–Trinajstić information content (AvgIpc) is 2.77. The van der Waals surface area contributed by atoms with Gasteiger partial charge in [0.25, 0.3) is 5.91 Å². The molecule has 164 valence electrons. The third-order valence-corrected chi connectivity index (χ3v) is 5.99. The molecule has 2 heterocycles. The van der Waals surface area contributed by atoms with E-state index in [1.54, 1.807) is 12.1 Å². The van der Waals surface area contributed by atoms with Gasteiger partial charge >= 0.3 is 0 Å². The fourth-order valence-electron chi connectivity index (χ4n) is 4.05. The number of nitrogens with one attached hydrogen (secondary N) is 1. The second kappa shape index (κ2) is 10.0. The number of amides is 1.